The van der Waals surface area contributed by atoms with E-state index in [-0.39, 0.29) is 5.91 Å². The predicted octanol–water partition coefficient (Wildman–Crippen LogP) is 3.91. The maximum absolute atomic E-state index is 11.9. The maximum atomic E-state index is 11.9. The van der Waals surface area contributed by atoms with Crippen molar-refractivity contribution in [1.82, 2.24) is 5.43 Å². The first-order chi connectivity index (χ1) is 9.56. The number of carbonyl (C=O) groups excluding carboxylic acids is 1. The summed E-state index contributed by atoms with van der Waals surface area (Å²) in [5.74, 6) is -0.224. The van der Waals surface area contributed by atoms with Gasteiger partial charge in [0.25, 0.3) is 5.91 Å². The van der Waals surface area contributed by atoms with Crippen molar-refractivity contribution < 1.29 is 4.79 Å². The van der Waals surface area contributed by atoms with Crippen LogP contribution in [0.2, 0.25) is 0 Å². The van der Waals surface area contributed by atoms with Crippen molar-refractivity contribution in [2.24, 2.45) is 5.10 Å². The van der Waals surface area contributed by atoms with Gasteiger partial charge in [-0.2, -0.15) is 5.10 Å². The molecule has 4 heteroatoms. The van der Waals surface area contributed by atoms with Gasteiger partial charge in [0.05, 0.1) is 5.71 Å². The van der Waals surface area contributed by atoms with E-state index in [1.165, 1.54) is 5.56 Å². The Morgan fingerprint density at radius 1 is 1.10 bits per heavy atom. The molecule has 0 aliphatic rings. The summed E-state index contributed by atoms with van der Waals surface area (Å²) in [5, 5.41) is 4.13. The third-order valence-corrected chi connectivity index (χ3v) is 3.37. The summed E-state index contributed by atoms with van der Waals surface area (Å²) in [7, 11) is 0. The predicted molar refractivity (Wildman–Crippen MR) is 85.0 cm³/mol. The van der Waals surface area contributed by atoms with Gasteiger partial charge in [-0.25, -0.2) is 5.43 Å². The summed E-state index contributed by atoms with van der Waals surface area (Å²) in [6.45, 7) is 3.90. The second-order valence-corrected chi connectivity index (χ2v) is 5.43. The topological polar surface area (TPSA) is 41.5 Å². The Bertz CT molecular complexity index is 648. The first kappa shape index (κ1) is 14.5. The highest BCUT2D eigenvalue weighted by molar-refractivity contribution is 9.10. The van der Waals surface area contributed by atoms with E-state index in [4.69, 9.17) is 0 Å². The van der Waals surface area contributed by atoms with E-state index in [0.29, 0.717) is 5.56 Å². The van der Waals surface area contributed by atoms with Gasteiger partial charge < -0.3 is 0 Å². The highest BCUT2D eigenvalue weighted by atomic mass is 79.9. The fourth-order valence-corrected chi connectivity index (χ4v) is 2.09. The van der Waals surface area contributed by atoms with Crippen molar-refractivity contribution >= 4 is 27.5 Å². The molecular formula is C16H15BrN2O. The molecule has 0 unspecified atom stereocenters. The number of rotatable bonds is 3. The number of aryl methyl sites for hydroxylation is 1. The molecule has 0 saturated heterocycles. The molecule has 20 heavy (non-hydrogen) atoms. The minimum atomic E-state index is -0.224. The highest BCUT2D eigenvalue weighted by Crippen LogP contribution is 2.11. The number of hydrogen-bond acceptors (Lipinski definition) is 2. The SMILES string of the molecule is C/C(=N\NC(=O)c1cccc(Br)c1)c1ccc(C)cc1. The minimum Gasteiger partial charge on any atom is -0.267 e. The Labute approximate surface area is 126 Å². The second kappa shape index (κ2) is 6.48. The Morgan fingerprint density at radius 2 is 1.80 bits per heavy atom. The van der Waals surface area contributed by atoms with Crippen LogP contribution in [-0.2, 0) is 0 Å². The van der Waals surface area contributed by atoms with Gasteiger partial charge in [0.15, 0.2) is 0 Å². The summed E-state index contributed by atoms with van der Waals surface area (Å²) in [4.78, 5) is 11.9. The van der Waals surface area contributed by atoms with Crippen molar-refractivity contribution in [2.75, 3.05) is 0 Å². The van der Waals surface area contributed by atoms with Crippen LogP contribution in [0.3, 0.4) is 0 Å². The molecule has 0 fully saturated rings. The first-order valence-corrected chi connectivity index (χ1v) is 7.03. The largest absolute Gasteiger partial charge is 0.271 e. The van der Waals surface area contributed by atoms with E-state index >= 15 is 0 Å². The number of hydrazone groups is 1. The molecule has 0 saturated carbocycles. The zero-order valence-corrected chi connectivity index (χ0v) is 12.9. The van der Waals surface area contributed by atoms with Gasteiger partial charge in [-0.3, -0.25) is 4.79 Å². The van der Waals surface area contributed by atoms with Gasteiger partial charge in [0.2, 0.25) is 0 Å². The molecular weight excluding hydrogens is 316 g/mol. The molecule has 0 spiro atoms. The lowest BCUT2D eigenvalue weighted by Gasteiger charge is -2.04. The average Bonchev–Trinajstić information content (AvgIpc) is 2.45. The van der Waals surface area contributed by atoms with E-state index < -0.39 is 0 Å². The molecule has 102 valence electrons. The van der Waals surface area contributed by atoms with Gasteiger partial charge >= 0.3 is 0 Å². The normalized spacial score (nSPS) is 11.2. The lowest BCUT2D eigenvalue weighted by molar-refractivity contribution is 0.0955. The first-order valence-electron chi connectivity index (χ1n) is 6.23. The fraction of sp³-hybridized carbons (Fsp3) is 0.125. The molecule has 0 heterocycles. The third-order valence-electron chi connectivity index (χ3n) is 2.88. The van der Waals surface area contributed by atoms with Crippen molar-refractivity contribution in [3.63, 3.8) is 0 Å². The van der Waals surface area contributed by atoms with Gasteiger partial charge in [-0.1, -0.05) is 51.8 Å². The Morgan fingerprint density at radius 3 is 2.45 bits per heavy atom. The van der Waals surface area contributed by atoms with E-state index in [9.17, 15) is 4.79 Å². The lowest BCUT2D eigenvalue weighted by atomic mass is 10.1. The number of amides is 1. The Kier molecular flexibility index (Phi) is 4.69. The number of benzene rings is 2. The number of hydrogen-bond donors (Lipinski definition) is 1. The molecule has 2 aromatic rings. The van der Waals surface area contributed by atoms with Crippen LogP contribution in [-0.4, -0.2) is 11.6 Å². The van der Waals surface area contributed by atoms with E-state index in [1.54, 1.807) is 12.1 Å². The molecule has 0 aliphatic heterocycles. The number of halogens is 1. The molecule has 0 atom stereocenters. The Hall–Kier alpha value is -1.94. The second-order valence-electron chi connectivity index (χ2n) is 4.51. The molecule has 2 rings (SSSR count). The van der Waals surface area contributed by atoms with Crippen molar-refractivity contribution in [1.29, 1.82) is 0 Å². The number of carbonyl (C=O) groups is 1. The molecule has 3 nitrogen and oxygen atoms in total. The highest BCUT2D eigenvalue weighted by Gasteiger charge is 2.05. The van der Waals surface area contributed by atoms with Crippen LogP contribution in [0.4, 0.5) is 0 Å². The minimum absolute atomic E-state index is 0.224. The van der Waals surface area contributed by atoms with Gasteiger partial charge in [0.1, 0.15) is 0 Å². The van der Waals surface area contributed by atoms with Crippen LogP contribution >= 0.6 is 15.9 Å². The summed E-state index contributed by atoms with van der Waals surface area (Å²) < 4.78 is 0.865. The number of nitrogens with zero attached hydrogens (tertiary/aromatic N) is 1. The van der Waals surface area contributed by atoms with Crippen LogP contribution in [0.5, 0.6) is 0 Å². The lowest BCUT2D eigenvalue weighted by Crippen LogP contribution is -2.19. The summed E-state index contributed by atoms with van der Waals surface area (Å²) in [5.41, 5.74) is 6.09. The monoisotopic (exact) mass is 330 g/mol. The summed E-state index contributed by atoms with van der Waals surface area (Å²) in [6, 6.07) is 15.2. The number of nitrogens with one attached hydrogen (secondary N) is 1. The van der Waals surface area contributed by atoms with E-state index in [0.717, 1.165) is 15.7 Å². The Balaban J connectivity index is 2.08. The van der Waals surface area contributed by atoms with Gasteiger partial charge in [-0.05, 0) is 37.6 Å². The third kappa shape index (κ3) is 3.78. The van der Waals surface area contributed by atoms with Crippen LogP contribution < -0.4 is 5.43 Å². The molecule has 2 aromatic carbocycles. The average molecular weight is 331 g/mol. The smallest absolute Gasteiger partial charge is 0.267 e. The summed E-state index contributed by atoms with van der Waals surface area (Å²) in [6.07, 6.45) is 0. The zero-order chi connectivity index (χ0) is 14.5. The molecule has 0 aliphatic carbocycles. The molecule has 0 aromatic heterocycles. The van der Waals surface area contributed by atoms with Crippen LogP contribution in [0.1, 0.15) is 28.4 Å². The van der Waals surface area contributed by atoms with E-state index in [2.05, 4.69) is 26.5 Å². The summed E-state index contributed by atoms with van der Waals surface area (Å²) >= 11 is 3.34. The quantitative estimate of drug-likeness (QED) is 0.672. The zero-order valence-electron chi connectivity index (χ0n) is 11.4. The van der Waals surface area contributed by atoms with Crippen molar-refractivity contribution in [3.05, 3.63) is 69.7 Å². The van der Waals surface area contributed by atoms with Crippen molar-refractivity contribution in [3.8, 4) is 0 Å². The van der Waals surface area contributed by atoms with Crippen LogP contribution in [0.25, 0.3) is 0 Å². The molecule has 0 radical (unpaired) electrons. The van der Waals surface area contributed by atoms with E-state index in [1.807, 2.05) is 50.2 Å². The fourth-order valence-electron chi connectivity index (χ4n) is 1.69. The van der Waals surface area contributed by atoms with Crippen LogP contribution in [0.15, 0.2) is 58.1 Å². The molecule has 1 N–H and O–H groups in total. The van der Waals surface area contributed by atoms with Gasteiger partial charge in [0, 0.05) is 10.0 Å². The standard InChI is InChI=1S/C16H15BrN2O/c1-11-6-8-13(9-7-11)12(2)18-19-16(20)14-4-3-5-15(17)10-14/h3-10H,1-2H3,(H,19,20)/b18-12+. The molecule has 1 amide bonds. The van der Waals surface area contributed by atoms with Crippen LogP contribution in [0, 0.1) is 6.92 Å². The van der Waals surface area contributed by atoms with Crippen molar-refractivity contribution in [2.45, 2.75) is 13.8 Å². The maximum Gasteiger partial charge on any atom is 0.271 e. The van der Waals surface area contributed by atoms with Gasteiger partial charge in [-0.15, -0.1) is 0 Å². The molecule has 0 bridgehead atoms.